The van der Waals surface area contributed by atoms with Gasteiger partial charge in [-0.3, -0.25) is 0 Å². The Morgan fingerprint density at radius 1 is 0.880 bits per heavy atom. The SMILES string of the molecule is FC(F)(F)c1ccc(-c2ccccc2C2CCCc3cccn32)cc1. The molecular weight excluding hydrogens is 323 g/mol. The van der Waals surface area contributed by atoms with Crippen LogP contribution in [-0.4, -0.2) is 4.57 Å². The van der Waals surface area contributed by atoms with Gasteiger partial charge in [0.2, 0.25) is 0 Å². The normalized spacial score (nSPS) is 17.3. The standard InChI is InChI=1S/C21H18F3N/c22-21(23,24)16-12-10-15(11-13-16)18-7-1-2-8-19(18)20-9-3-5-17-6-4-14-25(17)20/h1-2,4,6-8,10-14,20H,3,5,9H2. The van der Waals surface area contributed by atoms with Crippen LogP contribution >= 0.6 is 0 Å². The lowest BCUT2D eigenvalue weighted by atomic mass is 9.89. The molecular formula is C21H18F3N. The Morgan fingerprint density at radius 3 is 2.40 bits per heavy atom. The van der Waals surface area contributed by atoms with E-state index in [4.69, 9.17) is 0 Å². The van der Waals surface area contributed by atoms with Gasteiger partial charge in [-0.2, -0.15) is 13.2 Å². The van der Waals surface area contributed by atoms with Crippen LogP contribution in [0.15, 0.2) is 66.9 Å². The number of hydrogen-bond donors (Lipinski definition) is 0. The van der Waals surface area contributed by atoms with Crippen LogP contribution in [0.3, 0.4) is 0 Å². The lowest BCUT2D eigenvalue weighted by molar-refractivity contribution is -0.137. The quantitative estimate of drug-likeness (QED) is 0.531. The van der Waals surface area contributed by atoms with Crippen molar-refractivity contribution in [1.29, 1.82) is 0 Å². The summed E-state index contributed by atoms with van der Waals surface area (Å²) in [4.78, 5) is 0. The molecule has 1 nitrogen and oxygen atoms in total. The molecule has 0 saturated heterocycles. The number of rotatable bonds is 2. The second-order valence-electron chi connectivity index (χ2n) is 6.48. The van der Waals surface area contributed by atoms with Crippen molar-refractivity contribution in [2.24, 2.45) is 0 Å². The van der Waals surface area contributed by atoms with Crippen LogP contribution in [0.4, 0.5) is 13.2 Å². The van der Waals surface area contributed by atoms with Crippen LogP contribution in [-0.2, 0) is 12.6 Å². The fourth-order valence-corrected chi connectivity index (χ4v) is 3.76. The lowest BCUT2D eigenvalue weighted by Crippen LogP contribution is -2.18. The van der Waals surface area contributed by atoms with Crippen molar-refractivity contribution < 1.29 is 13.2 Å². The van der Waals surface area contributed by atoms with Gasteiger partial charge in [-0.15, -0.1) is 0 Å². The minimum Gasteiger partial charge on any atom is -0.344 e. The predicted octanol–water partition coefficient (Wildman–Crippen LogP) is 6.10. The van der Waals surface area contributed by atoms with Gasteiger partial charge >= 0.3 is 6.18 Å². The van der Waals surface area contributed by atoms with Crippen LogP contribution in [0, 0.1) is 0 Å². The Bertz CT molecular complexity index is 875. The van der Waals surface area contributed by atoms with E-state index in [-0.39, 0.29) is 6.04 Å². The molecule has 0 N–H and O–H groups in total. The molecule has 4 heteroatoms. The fraction of sp³-hybridized carbons (Fsp3) is 0.238. The number of halogens is 3. The molecule has 1 aromatic heterocycles. The highest BCUT2D eigenvalue weighted by molar-refractivity contribution is 5.68. The van der Waals surface area contributed by atoms with E-state index in [1.807, 2.05) is 18.2 Å². The minimum absolute atomic E-state index is 0.234. The second-order valence-corrected chi connectivity index (χ2v) is 6.48. The van der Waals surface area contributed by atoms with Crippen molar-refractivity contribution in [3.8, 4) is 11.1 Å². The Kier molecular flexibility index (Phi) is 3.91. The van der Waals surface area contributed by atoms with Crippen LogP contribution in [0.25, 0.3) is 11.1 Å². The maximum Gasteiger partial charge on any atom is 0.416 e. The first-order valence-electron chi connectivity index (χ1n) is 8.46. The van der Waals surface area contributed by atoms with Gasteiger partial charge in [0, 0.05) is 11.9 Å². The van der Waals surface area contributed by atoms with Crippen LogP contribution in [0.2, 0.25) is 0 Å². The van der Waals surface area contributed by atoms with Crippen molar-refractivity contribution in [3.05, 3.63) is 83.7 Å². The van der Waals surface area contributed by atoms with Gasteiger partial charge < -0.3 is 4.57 Å². The number of alkyl halides is 3. The Hall–Kier alpha value is -2.49. The summed E-state index contributed by atoms with van der Waals surface area (Å²) in [5.74, 6) is 0. The molecule has 2 aromatic carbocycles. The Labute approximate surface area is 144 Å². The molecule has 3 aromatic rings. The van der Waals surface area contributed by atoms with Gasteiger partial charge in [0.25, 0.3) is 0 Å². The molecule has 1 unspecified atom stereocenters. The van der Waals surface area contributed by atoms with Gasteiger partial charge in [0.15, 0.2) is 0 Å². The first-order chi connectivity index (χ1) is 12.0. The average Bonchev–Trinajstić information content (AvgIpc) is 3.10. The second kappa shape index (κ2) is 6.10. The van der Waals surface area contributed by atoms with Gasteiger partial charge in [0.05, 0.1) is 11.6 Å². The molecule has 4 rings (SSSR count). The number of hydrogen-bond acceptors (Lipinski definition) is 0. The first-order valence-corrected chi connectivity index (χ1v) is 8.46. The van der Waals surface area contributed by atoms with Gasteiger partial charge in [-0.05, 0) is 60.2 Å². The molecule has 0 bridgehead atoms. The zero-order chi connectivity index (χ0) is 17.4. The molecule has 1 aliphatic heterocycles. The molecule has 25 heavy (non-hydrogen) atoms. The third kappa shape index (κ3) is 2.97. The Balaban J connectivity index is 1.76. The summed E-state index contributed by atoms with van der Waals surface area (Å²) in [6.45, 7) is 0. The smallest absolute Gasteiger partial charge is 0.344 e. The molecule has 0 saturated carbocycles. The molecule has 0 spiro atoms. The van der Waals surface area contributed by atoms with Crippen LogP contribution in [0.5, 0.6) is 0 Å². The van der Waals surface area contributed by atoms with Crippen molar-refractivity contribution in [1.82, 2.24) is 4.57 Å². The number of aromatic nitrogens is 1. The topological polar surface area (TPSA) is 4.93 Å². The summed E-state index contributed by atoms with van der Waals surface area (Å²) in [5, 5.41) is 0. The van der Waals surface area contributed by atoms with Crippen molar-refractivity contribution in [3.63, 3.8) is 0 Å². The summed E-state index contributed by atoms with van der Waals surface area (Å²) in [6.07, 6.45) is 1.03. The van der Waals surface area contributed by atoms with Gasteiger partial charge in [0.1, 0.15) is 0 Å². The highest BCUT2D eigenvalue weighted by atomic mass is 19.4. The summed E-state index contributed by atoms with van der Waals surface area (Å²) >= 11 is 0. The van der Waals surface area contributed by atoms with E-state index in [0.717, 1.165) is 42.5 Å². The Morgan fingerprint density at radius 2 is 1.64 bits per heavy atom. The van der Waals surface area contributed by atoms with Crippen molar-refractivity contribution >= 4 is 0 Å². The highest BCUT2D eigenvalue weighted by Crippen LogP contribution is 2.37. The van der Waals surface area contributed by atoms with E-state index in [1.165, 1.54) is 11.3 Å². The van der Waals surface area contributed by atoms with Gasteiger partial charge in [-0.1, -0.05) is 36.4 Å². The molecule has 2 heterocycles. The summed E-state index contributed by atoms with van der Waals surface area (Å²) in [5.41, 5.74) is 3.70. The summed E-state index contributed by atoms with van der Waals surface area (Å²) in [6, 6.07) is 17.9. The molecule has 1 aliphatic rings. The van der Waals surface area contributed by atoms with Crippen molar-refractivity contribution in [2.45, 2.75) is 31.5 Å². The molecule has 0 aliphatic carbocycles. The number of benzene rings is 2. The zero-order valence-corrected chi connectivity index (χ0v) is 13.6. The third-order valence-electron chi connectivity index (χ3n) is 4.96. The first kappa shape index (κ1) is 16.0. The molecule has 1 atom stereocenters. The fourth-order valence-electron chi connectivity index (χ4n) is 3.76. The maximum absolute atomic E-state index is 12.8. The number of aryl methyl sites for hydroxylation is 1. The largest absolute Gasteiger partial charge is 0.416 e. The zero-order valence-electron chi connectivity index (χ0n) is 13.6. The molecule has 0 fully saturated rings. The van der Waals surface area contributed by atoms with E-state index in [2.05, 4.69) is 29.0 Å². The minimum atomic E-state index is -4.30. The molecule has 0 amide bonds. The van der Waals surface area contributed by atoms with Crippen molar-refractivity contribution in [2.75, 3.05) is 0 Å². The molecule has 128 valence electrons. The van der Waals surface area contributed by atoms with Gasteiger partial charge in [-0.25, -0.2) is 0 Å². The number of fused-ring (bicyclic) bond motifs is 1. The monoisotopic (exact) mass is 341 g/mol. The van der Waals surface area contributed by atoms with E-state index in [0.29, 0.717) is 0 Å². The number of nitrogens with zero attached hydrogens (tertiary/aromatic N) is 1. The summed E-state index contributed by atoms with van der Waals surface area (Å²) in [7, 11) is 0. The lowest BCUT2D eigenvalue weighted by Gasteiger charge is -2.28. The highest BCUT2D eigenvalue weighted by Gasteiger charge is 2.30. The summed E-state index contributed by atoms with van der Waals surface area (Å²) < 4.78 is 40.8. The van der Waals surface area contributed by atoms with Crippen LogP contribution < -0.4 is 0 Å². The third-order valence-corrected chi connectivity index (χ3v) is 4.96. The maximum atomic E-state index is 12.8. The van der Waals surface area contributed by atoms with E-state index in [9.17, 15) is 13.2 Å². The predicted molar refractivity (Wildman–Crippen MR) is 92.4 cm³/mol. The van der Waals surface area contributed by atoms with E-state index >= 15 is 0 Å². The van der Waals surface area contributed by atoms with Crippen LogP contribution in [0.1, 0.15) is 35.7 Å². The van der Waals surface area contributed by atoms with E-state index < -0.39 is 11.7 Å². The average molecular weight is 341 g/mol. The van der Waals surface area contributed by atoms with E-state index in [1.54, 1.807) is 12.1 Å². The molecule has 0 radical (unpaired) electrons.